The van der Waals surface area contributed by atoms with Gasteiger partial charge in [-0.25, -0.2) is 8.78 Å². The molecule has 1 nitrogen and oxygen atoms in total. The second kappa shape index (κ2) is 8.13. The summed E-state index contributed by atoms with van der Waals surface area (Å²) < 4.78 is 34.9. The highest BCUT2D eigenvalue weighted by atomic mass is 19.2. The molecule has 0 aliphatic heterocycles. The maximum atomic E-state index is 14.7. The quantitative estimate of drug-likeness (QED) is 0.482. The molecule has 0 spiro atoms. The first-order valence-corrected chi connectivity index (χ1v) is 8.95. The third-order valence-corrected chi connectivity index (χ3v) is 4.37. The zero-order valence-corrected chi connectivity index (χ0v) is 15.1. The van der Waals surface area contributed by atoms with Crippen molar-refractivity contribution >= 4 is 0 Å². The molecule has 0 saturated heterocycles. The number of halogens is 2. The van der Waals surface area contributed by atoms with Gasteiger partial charge < -0.3 is 4.74 Å². The summed E-state index contributed by atoms with van der Waals surface area (Å²) in [6, 6.07) is 19.0. The van der Waals surface area contributed by atoms with Crippen LogP contribution in [0, 0.1) is 11.6 Å². The van der Waals surface area contributed by atoms with Gasteiger partial charge in [-0.2, -0.15) is 0 Å². The van der Waals surface area contributed by atoms with Gasteiger partial charge in [0, 0.05) is 11.1 Å². The van der Waals surface area contributed by atoms with Crippen LogP contribution in [0.3, 0.4) is 0 Å². The number of ether oxygens (including phenoxy) is 1. The predicted molar refractivity (Wildman–Crippen MR) is 102 cm³/mol. The summed E-state index contributed by atoms with van der Waals surface area (Å²) in [4.78, 5) is 0. The van der Waals surface area contributed by atoms with Crippen LogP contribution in [0.25, 0.3) is 22.3 Å². The Balaban J connectivity index is 2.03. The second-order valence-electron chi connectivity index (χ2n) is 6.16. The van der Waals surface area contributed by atoms with Crippen LogP contribution in [0.15, 0.2) is 60.7 Å². The van der Waals surface area contributed by atoms with Gasteiger partial charge in [-0.05, 0) is 36.1 Å². The van der Waals surface area contributed by atoms with E-state index in [2.05, 4.69) is 0 Å². The van der Waals surface area contributed by atoms with E-state index in [0.29, 0.717) is 29.9 Å². The van der Waals surface area contributed by atoms with Gasteiger partial charge in [0.1, 0.15) is 5.75 Å². The van der Waals surface area contributed by atoms with Gasteiger partial charge in [0.15, 0.2) is 11.6 Å². The summed E-state index contributed by atoms with van der Waals surface area (Å²) in [6.07, 6.45) is 1.17. The van der Waals surface area contributed by atoms with E-state index >= 15 is 0 Å². The second-order valence-corrected chi connectivity index (χ2v) is 6.16. The highest BCUT2D eigenvalue weighted by Crippen LogP contribution is 2.35. The van der Waals surface area contributed by atoms with Gasteiger partial charge in [0.05, 0.1) is 6.61 Å². The van der Waals surface area contributed by atoms with Crippen LogP contribution in [0.4, 0.5) is 8.78 Å². The molecule has 0 atom stereocenters. The summed E-state index contributed by atoms with van der Waals surface area (Å²) in [5.74, 6) is -1.19. The predicted octanol–water partition coefficient (Wildman–Crippen LogP) is 6.65. The molecule has 0 radical (unpaired) electrons. The fraction of sp³-hybridized carbons (Fsp3) is 0.217. The lowest BCUT2D eigenvalue weighted by Crippen LogP contribution is -2.03. The van der Waals surface area contributed by atoms with Crippen LogP contribution < -0.4 is 4.74 Å². The molecule has 0 saturated carbocycles. The van der Waals surface area contributed by atoms with Crippen molar-refractivity contribution in [3.05, 3.63) is 77.9 Å². The maximum absolute atomic E-state index is 14.7. The molecule has 3 aromatic carbocycles. The van der Waals surface area contributed by atoms with E-state index in [1.807, 2.05) is 68.4 Å². The molecule has 0 amide bonds. The van der Waals surface area contributed by atoms with E-state index < -0.39 is 11.6 Å². The van der Waals surface area contributed by atoms with Crippen molar-refractivity contribution in [2.24, 2.45) is 0 Å². The molecular formula is C23H22F2O. The average molecular weight is 352 g/mol. The lowest BCUT2D eigenvalue weighted by Gasteiger charge is -2.15. The molecule has 0 aliphatic carbocycles. The largest absolute Gasteiger partial charge is 0.493 e. The van der Waals surface area contributed by atoms with Crippen LogP contribution in [0.2, 0.25) is 0 Å². The average Bonchev–Trinajstić information content (AvgIpc) is 2.68. The van der Waals surface area contributed by atoms with Crippen molar-refractivity contribution in [2.45, 2.75) is 26.7 Å². The summed E-state index contributed by atoms with van der Waals surface area (Å²) in [5.41, 5.74) is 3.29. The van der Waals surface area contributed by atoms with E-state index in [1.165, 1.54) is 0 Å². The minimum Gasteiger partial charge on any atom is -0.493 e. The van der Waals surface area contributed by atoms with Gasteiger partial charge in [-0.1, -0.05) is 67.9 Å². The maximum Gasteiger partial charge on any atom is 0.167 e. The molecule has 0 heterocycles. The van der Waals surface area contributed by atoms with Crippen LogP contribution in [0.1, 0.15) is 25.8 Å². The Kier molecular flexibility index (Phi) is 5.67. The molecule has 0 aliphatic rings. The number of benzene rings is 3. The minimum absolute atomic E-state index is 0.227. The van der Waals surface area contributed by atoms with E-state index in [1.54, 1.807) is 6.07 Å². The number of hydrogen-bond acceptors (Lipinski definition) is 1. The Labute approximate surface area is 153 Å². The van der Waals surface area contributed by atoms with Gasteiger partial charge in [0.25, 0.3) is 0 Å². The van der Waals surface area contributed by atoms with Crippen molar-refractivity contribution in [1.29, 1.82) is 0 Å². The monoisotopic (exact) mass is 352 g/mol. The fourth-order valence-electron chi connectivity index (χ4n) is 3.09. The van der Waals surface area contributed by atoms with Crippen molar-refractivity contribution < 1.29 is 13.5 Å². The van der Waals surface area contributed by atoms with Crippen LogP contribution in [-0.2, 0) is 6.42 Å². The highest BCUT2D eigenvalue weighted by molar-refractivity contribution is 5.72. The topological polar surface area (TPSA) is 9.23 Å². The molecule has 3 heteroatoms. The highest BCUT2D eigenvalue weighted by Gasteiger charge is 2.20. The van der Waals surface area contributed by atoms with E-state index in [-0.39, 0.29) is 5.56 Å². The molecule has 0 fully saturated rings. The summed E-state index contributed by atoms with van der Waals surface area (Å²) in [7, 11) is 0. The summed E-state index contributed by atoms with van der Waals surface area (Å²) >= 11 is 0. The lowest BCUT2D eigenvalue weighted by atomic mass is 9.97. The van der Waals surface area contributed by atoms with Gasteiger partial charge >= 0.3 is 0 Å². The molecule has 0 N–H and O–H groups in total. The molecule has 134 valence electrons. The molecule has 3 aromatic rings. The van der Waals surface area contributed by atoms with E-state index in [4.69, 9.17) is 4.74 Å². The van der Waals surface area contributed by atoms with Crippen molar-refractivity contribution in [1.82, 2.24) is 0 Å². The first kappa shape index (κ1) is 18.1. The Morgan fingerprint density at radius 2 is 1.38 bits per heavy atom. The third kappa shape index (κ3) is 3.62. The lowest BCUT2D eigenvalue weighted by molar-refractivity contribution is 0.331. The summed E-state index contributed by atoms with van der Waals surface area (Å²) in [6.45, 7) is 4.18. The van der Waals surface area contributed by atoms with E-state index in [0.717, 1.165) is 17.5 Å². The first-order chi connectivity index (χ1) is 12.7. The molecule has 0 bridgehead atoms. The van der Waals surface area contributed by atoms with Crippen LogP contribution in [0.5, 0.6) is 5.75 Å². The third-order valence-electron chi connectivity index (χ3n) is 4.37. The van der Waals surface area contributed by atoms with Crippen LogP contribution in [-0.4, -0.2) is 6.61 Å². The zero-order chi connectivity index (χ0) is 18.5. The summed E-state index contributed by atoms with van der Waals surface area (Å²) in [5, 5.41) is 0. The molecular weight excluding hydrogens is 330 g/mol. The van der Waals surface area contributed by atoms with Gasteiger partial charge in [-0.15, -0.1) is 0 Å². The fourth-order valence-corrected chi connectivity index (χ4v) is 3.09. The van der Waals surface area contributed by atoms with Gasteiger partial charge in [0.2, 0.25) is 0 Å². The molecule has 3 rings (SSSR count). The Morgan fingerprint density at radius 3 is 2.00 bits per heavy atom. The Bertz CT molecular complexity index is 871. The number of hydrogen-bond donors (Lipinski definition) is 0. The van der Waals surface area contributed by atoms with Crippen molar-refractivity contribution in [2.75, 3.05) is 6.61 Å². The Hall–Kier alpha value is -2.68. The molecule has 0 unspecified atom stereocenters. The Morgan fingerprint density at radius 1 is 0.769 bits per heavy atom. The minimum atomic E-state index is -0.815. The van der Waals surface area contributed by atoms with Crippen molar-refractivity contribution in [3.63, 3.8) is 0 Å². The molecule has 26 heavy (non-hydrogen) atoms. The SMILES string of the molecule is CCCc1c(OCC)cc(-c2ccc(-c3ccccc3)cc2)c(F)c1F. The number of rotatable bonds is 6. The normalized spacial score (nSPS) is 10.8. The van der Waals surface area contributed by atoms with Crippen LogP contribution >= 0.6 is 0 Å². The smallest absolute Gasteiger partial charge is 0.167 e. The molecule has 0 aromatic heterocycles. The van der Waals surface area contributed by atoms with Gasteiger partial charge in [-0.3, -0.25) is 0 Å². The van der Waals surface area contributed by atoms with E-state index in [9.17, 15) is 8.78 Å². The zero-order valence-electron chi connectivity index (χ0n) is 15.1. The van der Waals surface area contributed by atoms with Crippen molar-refractivity contribution in [3.8, 4) is 28.0 Å². The standard InChI is InChI=1S/C23H22F2O/c1-3-8-19-21(26-4-2)15-20(23(25)22(19)24)18-13-11-17(12-14-18)16-9-6-5-7-10-16/h5-7,9-15H,3-4,8H2,1-2H3. The first-order valence-electron chi connectivity index (χ1n) is 8.95.